The van der Waals surface area contributed by atoms with Crippen molar-refractivity contribution in [2.24, 2.45) is 23.3 Å². The van der Waals surface area contributed by atoms with Crippen molar-refractivity contribution in [3.63, 3.8) is 0 Å². The Labute approximate surface area is 252 Å². The lowest BCUT2D eigenvalue weighted by molar-refractivity contribution is -0.385. The molecule has 0 aliphatic heterocycles. The van der Waals surface area contributed by atoms with Gasteiger partial charge >= 0.3 is 12.2 Å². The lowest BCUT2D eigenvalue weighted by Gasteiger charge is -2.37. The fourth-order valence-electron chi connectivity index (χ4n) is 4.64. The zero-order valence-corrected chi connectivity index (χ0v) is 24.7. The van der Waals surface area contributed by atoms with Gasteiger partial charge in [-0.1, -0.05) is 40.5 Å². The van der Waals surface area contributed by atoms with E-state index in [1.54, 1.807) is 27.7 Å². The average Bonchev–Trinajstić information content (AvgIpc) is 2.93. The summed E-state index contributed by atoms with van der Waals surface area (Å²) in [5.41, 5.74) is 7.93. The average molecular weight is 617 g/mol. The van der Waals surface area contributed by atoms with Crippen LogP contribution in [0, 0.1) is 32.1 Å². The number of hydrogen-bond donors (Lipinski definition) is 4. The molecule has 0 spiro atoms. The molecule has 4 amide bonds. The second kappa shape index (κ2) is 14.8. The van der Waals surface area contributed by atoms with Gasteiger partial charge in [0.05, 0.1) is 9.85 Å². The molecule has 6 N–H and O–H groups in total. The molecule has 0 fully saturated rings. The second-order valence-electron chi connectivity index (χ2n) is 10.7. The largest absolute Gasteiger partial charge is 0.413 e. The number of amides is 4. The first-order chi connectivity index (χ1) is 20.5. The van der Waals surface area contributed by atoms with Gasteiger partial charge < -0.3 is 31.6 Å². The lowest BCUT2D eigenvalue weighted by atomic mass is 9.78. The van der Waals surface area contributed by atoms with Gasteiger partial charge in [-0.2, -0.15) is 0 Å². The van der Waals surface area contributed by atoms with Crippen molar-refractivity contribution in [3.05, 3.63) is 68.8 Å². The van der Waals surface area contributed by atoms with Crippen molar-refractivity contribution in [1.82, 2.24) is 10.6 Å². The van der Waals surface area contributed by atoms with Crippen LogP contribution in [0.4, 0.5) is 21.0 Å². The minimum absolute atomic E-state index is 0.00471. The zero-order valence-electron chi connectivity index (χ0n) is 24.7. The molecule has 2 atom stereocenters. The fourth-order valence-corrected chi connectivity index (χ4v) is 4.64. The van der Waals surface area contributed by atoms with Gasteiger partial charge in [-0.05, 0) is 48.9 Å². The highest BCUT2D eigenvalue weighted by Gasteiger charge is 2.44. The topological polar surface area (TPSA) is 249 Å². The maximum absolute atomic E-state index is 12.7. The number of rotatable bonds is 15. The molecule has 0 bridgehead atoms. The third-order valence-electron chi connectivity index (χ3n) is 7.41. The molecule has 2 aromatic rings. The van der Waals surface area contributed by atoms with E-state index < -0.39 is 56.8 Å². The highest BCUT2D eigenvalue weighted by molar-refractivity contribution is 5.90. The molecular formula is C28H36N6O10. The minimum Gasteiger partial charge on any atom is -0.410 e. The van der Waals surface area contributed by atoms with Crippen molar-refractivity contribution < 1.29 is 38.5 Å². The van der Waals surface area contributed by atoms with Crippen molar-refractivity contribution in [2.45, 2.75) is 64.5 Å². The van der Waals surface area contributed by atoms with E-state index in [1.807, 2.05) is 0 Å². The van der Waals surface area contributed by atoms with E-state index in [1.165, 1.54) is 24.3 Å². The SMILES string of the molecule is CC(C)[C@](CCCC[C@@](NC(=O)Oc1ccc([N+](=O)[O-])cc1)(C(N)=O)C(C)C)(NC(=O)Oc1ccc([N+](=O)[O-])cc1)C(N)=O. The summed E-state index contributed by atoms with van der Waals surface area (Å²) in [7, 11) is 0. The summed E-state index contributed by atoms with van der Waals surface area (Å²) in [6.45, 7) is 6.70. The molecule has 0 aliphatic carbocycles. The molecule has 16 heteroatoms. The normalized spacial score (nSPS) is 13.7. The van der Waals surface area contributed by atoms with Crippen LogP contribution in [0.3, 0.4) is 0 Å². The molecule has 0 heterocycles. The number of primary amides is 2. The molecule has 2 rings (SSSR count). The van der Waals surface area contributed by atoms with E-state index in [4.69, 9.17) is 20.9 Å². The number of benzene rings is 2. The fraction of sp³-hybridized carbons (Fsp3) is 0.429. The Balaban J connectivity index is 2.12. The summed E-state index contributed by atoms with van der Waals surface area (Å²) in [6.07, 6.45) is -1.43. The highest BCUT2D eigenvalue weighted by Crippen LogP contribution is 2.29. The highest BCUT2D eigenvalue weighted by atomic mass is 16.6. The maximum Gasteiger partial charge on any atom is 0.413 e. The maximum atomic E-state index is 12.7. The van der Waals surface area contributed by atoms with Crippen molar-refractivity contribution >= 4 is 35.4 Å². The van der Waals surface area contributed by atoms with Crippen LogP contribution in [-0.2, 0) is 9.59 Å². The smallest absolute Gasteiger partial charge is 0.410 e. The summed E-state index contributed by atoms with van der Waals surface area (Å²) in [5, 5.41) is 26.8. The minimum atomic E-state index is -1.56. The number of carbonyl (C=O) groups excluding carboxylic acids is 4. The number of ether oxygens (including phenoxy) is 2. The Kier molecular flexibility index (Phi) is 11.7. The molecule has 0 radical (unpaired) electrons. The molecule has 0 saturated carbocycles. The van der Waals surface area contributed by atoms with Gasteiger partial charge in [-0.15, -0.1) is 0 Å². The Bertz CT molecular complexity index is 1270. The number of non-ortho nitro benzene ring substituents is 2. The molecule has 44 heavy (non-hydrogen) atoms. The van der Waals surface area contributed by atoms with E-state index in [2.05, 4.69) is 10.6 Å². The number of nitrogens with two attached hydrogens (primary N) is 2. The number of nitrogens with one attached hydrogen (secondary N) is 2. The lowest BCUT2D eigenvalue weighted by Crippen LogP contribution is -2.62. The van der Waals surface area contributed by atoms with Crippen molar-refractivity contribution in [1.29, 1.82) is 0 Å². The Morgan fingerprint density at radius 3 is 1.20 bits per heavy atom. The summed E-state index contributed by atoms with van der Waals surface area (Å²) in [4.78, 5) is 71.2. The monoisotopic (exact) mass is 616 g/mol. The molecule has 0 aromatic heterocycles. The number of nitro benzene ring substituents is 2. The van der Waals surface area contributed by atoms with Crippen LogP contribution in [0.25, 0.3) is 0 Å². The molecule has 0 saturated heterocycles. The van der Waals surface area contributed by atoms with Gasteiger partial charge in [-0.25, -0.2) is 9.59 Å². The van der Waals surface area contributed by atoms with E-state index >= 15 is 0 Å². The first kappa shape index (κ1) is 34.9. The van der Waals surface area contributed by atoms with Gasteiger partial charge in [0.15, 0.2) is 0 Å². The van der Waals surface area contributed by atoms with Gasteiger partial charge in [0, 0.05) is 24.3 Å². The van der Waals surface area contributed by atoms with E-state index in [0.29, 0.717) is 0 Å². The number of nitro groups is 2. The summed E-state index contributed by atoms with van der Waals surface area (Å²) in [6, 6.07) is 9.54. The predicted molar refractivity (Wildman–Crippen MR) is 157 cm³/mol. The van der Waals surface area contributed by atoms with Crippen LogP contribution in [0.1, 0.15) is 53.4 Å². The van der Waals surface area contributed by atoms with E-state index in [-0.39, 0.29) is 48.6 Å². The van der Waals surface area contributed by atoms with Crippen LogP contribution < -0.4 is 31.6 Å². The third kappa shape index (κ3) is 8.62. The summed E-state index contributed by atoms with van der Waals surface area (Å²) in [5.74, 6) is -2.64. The van der Waals surface area contributed by atoms with Crippen LogP contribution in [0.15, 0.2) is 48.5 Å². The number of hydrogen-bond acceptors (Lipinski definition) is 10. The number of nitrogens with zero attached hydrogens (tertiary/aromatic N) is 2. The van der Waals surface area contributed by atoms with Crippen LogP contribution in [-0.4, -0.2) is 44.9 Å². The first-order valence-electron chi connectivity index (χ1n) is 13.6. The van der Waals surface area contributed by atoms with Crippen molar-refractivity contribution in [2.75, 3.05) is 0 Å². The third-order valence-corrected chi connectivity index (χ3v) is 7.41. The van der Waals surface area contributed by atoms with E-state index in [9.17, 15) is 39.4 Å². The van der Waals surface area contributed by atoms with Crippen LogP contribution in [0.2, 0.25) is 0 Å². The molecule has 16 nitrogen and oxygen atoms in total. The van der Waals surface area contributed by atoms with Gasteiger partial charge in [0.1, 0.15) is 22.6 Å². The van der Waals surface area contributed by atoms with Gasteiger partial charge in [0.2, 0.25) is 11.8 Å². The first-order valence-corrected chi connectivity index (χ1v) is 13.6. The number of unbranched alkanes of at least 4 members (excludes halogenated alkanes) is 1. The van der Waals surface area contributed by atoms with Crippen molar-refractivity contribution in [3.8, 4) is 11.5 Å². The molecule has 0 aliphatic rings. The second-order valence-corrected chi connectivity index (χ2v) is 10.7. The molecule has 238 valence electrons. The molecule has 0 unspecified atom stereocenters. The zero-order chi connectivity index (χ0) is 33.2. The van der Waals surface area contributed by atoms with E-state index in [0.717, 1.165) is 24.3 Å². The summed E-state index contributed by atoms with van der Waals surface area (Å²) >= 11 is 0. The van der Waals surface area contributed by atoms with Gasteiger partial charge in [-0.3, -0.25) is 29.8 Å². The Morgan fingerprint density at radius 2 is 0.977 bits per heavy atom. The molecular weight excluding hydrogens is 580 g/mol. The summed E-state index contributed by atoms with van der Waals surface area (Å²) < 4.78 is 10.4. The standard InChI is InChI=1S/C28H36N6O10/c1-17(2)27(23(29)35,31-25(37)43-21-11-7-19(8-12-21)33(39)40)15-5-6-16-28(18(3)4,24(30)36)32-26(38)44-22-13-9-20(10-14-22)34(41)42/h7-14,17-18H,5-6,15-16H2,1-4H3,(H2,29,35)(H2,30,36)(H,31,37)(H,32,38)/t27-,28-/m0/s1. The van der Waals surface area contributed by atoms with Gasteiger partial charge in [0.25, 0.3) is 11.4 Å². The van der Waals surface area contributed by atoms with Crippen LogP contribution in [0.5, 0.6) is 11.5 Å². The van der Waals surface area contributed by atoms with Crippen LogP contribution >= 0.6 is 0 Å². The number of carbonyl (C=O) groups is 4. The Morgan fingerprint density at radius 1 is 0.682 bits per heavy atom. The molecule has 2 aromatic carbocycles. The quantitative estimate of drug-likeness (QED) is 0.128. The Hall–Kier alpha value is -5.28. The predicted octanol–water partition coefficient (Wildman–Crippen LogP) is 3.70.